The maximum atomic E-state index is 13.0. The number of rotatable bonds is 5. The normalized spacial score (nSPS) is 13.2. The zero-order valence-corrected chi connectivity index (χ0v) is 15.0. The van der Waals surface area contributed by atoms with E-state index in [2.05, 4.69) is 0 Å². The molecular weight excluding hydrogens is 332 g/mol. The third-order valence-corrected chi connectivity index (χ3v) is 5.55. The summed E-state index contributed by atoms with van der Waals surface area (Å²) in [5.74, 6) is 0.603. The van der Waals surface area contributed by atoms with Crippen molar-refractivity contribution in [3.05, 3.63) is 89.5 Å². The van der Waals surface area contributed by atoms with Crippen molar-refractivity contribution in [2.24, 2.45) is 0 Å². The summed E-state index contributed by atoms with van der Waals surface area (Å²) in [5.41, 5.74) is 2.38. The monoisotopic (exact) mass is 352 g/mol. The van der Waals surface area contributed by atoms with Crippen LogP contribution >= 0.6 is 0 Å². The van der Waals surface area contributed by atoms with Gasteiger partial charge < -0.3 is 9.84 Å². The van der Waals surface area contributed by atoms with Crippen molar-refractivity contribution in [1.82, 2.24) is 0 Å². The second kappa shape index (κ2) is 7.64. The van der Waals surface area contributed by atoms with Crippen LogP contribution in [0.25, 0.3) is 0 Å². The molecule has 3 nitrogen and oxygen atoms in total. The maximum absolute atomic E-state index is 13.0. The van der Waals surface area contributed by atoms with Crippen LogP contribution in [-0.4, -0.2) is 16.4 Å². The Morgan fingerprint density at radius 3 is 2.16 bits per heavy atom. The third-order valence-electron chi connectivity index (χ3n) is 4.08. The first-order chi connectivity index (χ1) is 12.1. The molecule has 3 aromatic rings. The van der Waals surface area contributed by atoms with Gasteiger partial charge in [-0.1, -0.05) is 54.1 Å². The number of benzene rings is 3. The van der Waals surface area contributed by atoms with Crippen molar-refractivity contribution < 1.29 is 14.1 Å². The number of aliphatic hydroxyl groups excluding tert-OH is 1. The van der Waals surface area contributed by atoms with Crippen LogP contribution in [0.3, 0.4) is 0 Å². The molecule has 0 bridgehead atoms. The fourth-order valence-corrected chi connectivity index (χ4v) is 3.96. The standard InChI is InChI=1S/C21H20O3S/c1-15-11-13-16(14-12-15)25(23)20-10-6-4-8-18(20)21(22)17-7-3-5-9-19(17)24-2/h3-14,21-22H,1-2H3/t21-,25?/m1/s1. The molecule has 0 amide bonds. The van der Waals surface area contributed by atoms with Crippen LogP contribution in [0.2, 0.25) is 0 Å². The summed E-state index contributed by atoms with van der Waals surface area (Å²) >= 11 is 0. The Hall–Kier alpha value is -2.43. The molecule has 4 heteroatoms. The first-order valence-corrected chi connectivity index (χ1v) is 9.15. The van der Waals surface area contributed by atoms with Crippen LogP contribution in [-0.2, 0) is 10.8 Å². The number of para-hydroxylation sites is 1. The number of hydrogen-bond acceptors (Lipinski definition) is 3. The lowest BCUT2D eigenvalue weighted by atomic mass is 10.0. The summed E-state index contributed by atoms with van der Waals surface area (Å²) in [6.45, 7) is 1.99. The van der Waals surface area contributed by atoms with Crippen molar-refractivity contribution in [1.29, 1.82) is 0 Å². The topological polar surface area (TPSA) is 46.5 Å². The number of aliphatic hydroxyl groups is 1. The summed E-state index contributed by atoms with van der Waals surface area (Å²) in [6.07, 6.45) is -0.915. The molecule has 0 aliphatic carbocycles. The minimum atomic E-state index is -1.37. The van der Waals surface area contributed by atoms with Crippen molar-refractivity contribution in [3.8, 4) is 5.75 Å². The lowest BCUT2D eigenvalue weighted by molar-refractivity contribution is 0.212. The predicted octanol–water partition coefficient (Wildman–Crippen LogP) is 4.25. The van der Waals surface area contributed by atoms with E-state index in [1.165, 1.54) is 0 Å². The Bertz CT molecular complexity index is 888. The van der Waals surface area contributed by atoms with Gasteiger partial charge in [-0.3, -0.25) is 0 Å². The van der Waals surface area contributed by atoms with Crippen LogP contribution in [0.5, 0.6) is 5.75 Å². The van der Waals surface area contributed by atoms with Crippen LogP contribution in [0, 0.1) is 6.92 Å². The Kier molecular flexibility index (Phi) is 5.31. The molecule has 0 saturated heterocycles. The quantitative estimate of drug-likeness (QED) is 0.747. The second-order valence-electron chi connectivity index (χ2n) is 5.76. The fourth-order valence-electron chi connectivity index (χ4n) is 2.72. The van der Waals surface area contributed by atoms with E-state index in [0.29, 0.717) is 26.7 Å². The molecule has 0 spiro atoms. The van der Waals surface area contributed by atoms with E-state index in [9.17, 15) is 9.32 Å². The van der Waals surface area contributed by atoms with Crippen molar-refractivity contribution in [2.45, 2.75) is 22.8 Å². The first-order valence-electron chi connectivity index (χ1n) is 8.00. The van der Waals surface area contributed by atoms with E-state index in [1.807, 2.05) is 61.5 Å². The van der Waals surface area contributed by atoms with E-state index < -0.39 is 16.9 Å². The van der Waals surface area contributed by atoms with Gasteiger partial charge >= 0.3 is 0 Å². The van der Waals surface area contributed by atoms with Crippen molar-refractivity contribution in [3.63, 3.8) is 0 Å². The minimum Gasteiger partial charge on any atom is -0.496 e. The van der Waals surface area contributed by atoms with E-state index in [-0.39, 0.29) is 0 Å². The summed E-state index contributed by atoms with van der Waals surface area (Å²) in [5, 5.41) is 10.9. The average Bonchev–Trinajstić information content (AvgIpc) is 2.67. The molecule has 1 N–H and O–H groups in total. The molecule has 0 saturated carbocycles. The maximum Gasteiger partial charge on any atom is 0.125 e. The molecule has 0 heterocycles. The molecule has 0 radical (unpaired) electrons. The van der Waals surface area contributed by atoms with Gasteiger partial charge in [-0.25, -0.2) is 4.21 Å². The van der Waals surface area contributed by atoms with E-state index in [4.69, 9.17) is 4.74 Å². The molecule has 0 aliphatic heterocycles. The molecule has 0 aliphatic rings. The average molecular weight is 352 g/mol. The Balaban J connectivity index is 2.04. The first kappa shape index (κ1) is 17.4. The van der Waals surface area contributed by atoms with Crippen LogP contribution in [0.4, 0.5) is 0 Å². The van der Waals surface area contributed by atoms with Gasteiger partial charge in [-0.05, 0) is 31.2 Å². The van der Waals surface area contributed by atoms with Gasteiger partial charge in [0, 0.05) is 20.9 Å². The summed E-state index contributed by atoms with van der Waals surface area (Å²) in [6, 6.07) is 22.2. The van der Waals surface area contributed by atoms with Gasteiger partial charge in [0.05, 0.1) is 17.9 Å². The van der Waals surface area contributed by atoms with Crippen LogP contribution in [0.1, 0.15) is 22.8 Å². The third kappa shape index (κ3) is 3.65. The molecule has 128 valence electrons. The van der Waals surface area contributed by atoms with Gasteiger partial charge in [0.25, 0.3) is 0 Å². The molecule has 3 rings (SSSR count). The number of ether oxygens (including phenoxy) is 1. The lowest BCUT2D eigenvalue weighted by Gasteiger charge is -2.18. The molecule has 25 heavy (non-hydrogen) atoms. The molecule has 0 fully saturated rings. The van der Waals surface area contributed by atoms with Crippen LogP contribution in [0.15, 0.2) is 82.6 Å². The summed E-state index contributed by atoms with van der Waals surface area (Å²) < 4.78 is 18.4. The molecule has 0 aromatic heterocycles. The zero-order valence-electron chi connectivity index (χ0n) is 14.2. The van der Waals surface area contributed by atoms with Crippen molar-refractivity contribution in [2.75, 3.05) is 7.11 Å². The smallest absolute Gasteiger partial charge is 0.125 e. The van der Waals surface area contributed by atoms with Gasteiger partial charge in [-0.2, -0.15) is 0 Å². The Labute approximate surface area is 150 Å². The number of aryl methyl sites for hydroxylation is 1. The Morgan fingerprint density at radius 1 is 0.880 bits per heavy atom. The number of hydrogen-bond donors (Lipinski definition) is 1. The largest absolute Gasteiger partial charge is 0.496 e. The van der Waals surface area contributed by atoms with Gasteiger partial charge in [-0.15, -0.1) is 0 Å². The van der Waals surface area contributed by atoms with Gasteiger partial charge in [0.2, 0.25) is 0 Å². The second-order valence-corrected chi connectivity index (χ2v) is 7.21. The van der Waals surface area contributed by atoms with Gasteiger partial charge in [0.1, 0.15) is 11.9 Å². The van der Waals surface area contributed by atoms with E-state index >= 15 is 0 Å². The van der Waals surface area contributed by atoms with E-state index in [1.54, 1.807) is 25.3 Å². The summed E-state index contributed by atoms with van der Waals surface area (Å²) in [4.78, 5) is 1.31. The van der Waals surface area contributed by atoms with Gasteiger partial charge in [0.15, 0.2) is 0 Å². The number of methoxy groups -OCH3 is 1. The molecule has 1 unspecified atom stereocenters. The predicted molar refractivity (Wildman–Crippen MR) is 99.4 cm³/mol. The zero-order chi connectivity index (χ0) is 17.8. The summed E-state index contributed by atoms with van der Waals surface area (Å²) in [7, 11) is 0.201. The highest BCUT2D eigenvalue weighted by Crippen LogP contribution is 2.33. The minimum absolute atomic E-state index is 0.602. The highest BCUT2D eigenvalue weighted by Gasteiger charge is 2.21. The highest BCUT2D eigenvalue weighted by atomic mass is 32.2. The lowest BCUT2D eigenvalue weighted by Crippen LogP contribution is -2.07. The molecule has 2 atom stereocenters. The Morgan fingerprint density at radius 2 is 1.48 bits per heavy atom. The molecular formula is C21H20O3S. The SMILES string of the molecule is COc1ccccc1[C@@H](O)c1ccccc1S(=O)c1ccc(C)cc1. The molecule has 3 aromatic carbocycles. The fraction of sp³-hybridized carbons (Fsp3) is 0.143. The van der Waals surface area contributed by atoms with Crippen LogP contribution < -0.4 is 4.74 Å². The van der Waals surface area contributed by atoms with E-state index in [0.717, 1.165) is 5.56 Å². The highest BCUT2D eigenvalue weighted by molar-refractivity contribution is 7.85. The van der Waals surface area contributed by atoms with Crippen molar-refractivity contribution >= 4 is 10.8 Å².